The van der Waals surface area contributed by atoms with Gasteiger partial charge in [0, 0.05) is 53.6 Å². The molecule has 2 fully saturated rings. The topological polar surface area (TPSA) is 19.4 Å². The van der Waals surface area contributed by atoms with E-state index in [0.717, 1.165) is 11.4 Å². The zero-order valence-corrected chi connectivity index (χ0v) is 21.1. The summed E-state index contributed by atoms with van der Waals surface area (Å²) in [5, 5.41) is 2.15. The van der Waals surface area contributed by atoms with Gasteiger partial charge in [0.15, 0.2) is 0 Å². The summed E-state index contributed by atoms with van der Waals surface area (Å²) in [6.45, 7) is 4.68. The molecule has 3 nitrogen and oxygen atoms in total. The Kier molecular flexibility index (Phi) is 6.55. The molecule has 6 rings (SSSR count). The SMILES string of the molecule is c1csc(-c2cc(-c3ccc(N4CCCCC4)cc3)nc(-c3ccc(N4CCCCC4)cc3)c2)c1. The molecule has 178 valence electrons. The smallest absolute Gasteiger partial charge is 0.0716 e. The summed E-state index contributed by atoms with van der Waals surface area (Å²) in [6.07, 6.45) is 7.90. The summed E-state index contributed by atoms with van der Waals surface area (Å²) < 4.78 is 0. The van der Waals surface area contributed by atoms with Gasteiger partial charge in [-0.3, -0.25) is 0 Å². The minimum Gasteiger partial charge on any atom is -0.372 e. The van der Waals surface area contributed by atoms with Crippen LogP contribution in [0.5, 0.6) is 0 Å². The van der Waals surface area contributed by atoms with Crippen LogP contribution in [0.25, 0.3) is 33.0 Å². The third-order valence-electron chi connectivity index (χ3n) is 7.40. The molecule has 4 aromatic rings. The van der Waals surface area contributed by atoms with Crippen molar-refractivity contribution in [1.29, 1.82) is 0 Å². The molecule has 2 aliphatic heterocycles. The van der Waals surface area contributed by atoms with Crippen LogP contribution in [0.15, 0.2) is 78.2 Å². The lowest BCUT2D eigenvalue weighted by molar-refractivity contribution is 0.578. The number of piperidine rings is 2. The van der Waals surface area contributed by atoms with Crippen LogP contribution in [-0.4, -0.2) is 31.2 Å². The first kappa shape index (κ1) is 22.4. The lowest BCUT2D eigenvalue weighted by Crippen LogP contribution is -2.29. The van der Waals surface area contributed by atoms with Crippen molar-refractivity contribution in [3.05, 3.63) is 78.2 Å². The molecule has 35 heavy (non-hydrogen) atoms. The van der Waals surface area contributed by atoms with E-state index in [0.29, 0.717) is 0 Å². The highest BCUT2D eigenvalue weighted by atomic mass is 32.1. The fourth-order valence-corrected chi connectivity index (χ4v) is 6.12. The molecule has 0 radical (unpaired) electrons. The van der Waals surface area contributed by atoms with Crippen LogP contribution in [-0.2, 0) is 0 Å². The van der Waals surface area contributed by atoms with Gasteiger partial charge in [0.2, 0.25) is 0 Å². The number of hydrogen-bond acceptors (Lipinski definition) is 4. The Morgan fingerprint density at radius 2 is 1.03 bits per heavy atom. The molecule has 2 aromatic heterocycles. The van der Waals surface area contributed by atoms with Gasteiger partial charge >= 0.3 is 0 Å². The number of aromatic nitrogens is 1. The number of pyridine rings is 1. The molecule has 0 amide bonds. The Morgan fingerprint density at radius 3 is 1.46 bits per heavy atom. The molecular formula is C31H33N3S. The molecule has 2 aliphatic rings. The second kappa shape index (κ2) is 10.2. The van der Waals surface area contributed by atoms with E-state index in [1.807, 2.05) is 0 Å². The second-order valence-corrected chi connectivity index (χ2v) is 10.7. The Hall–Kier alpha value is -3.11. The second-order valence-electron chi connectivity index (χ2n) is 9.79. The molecule has 0 N–H and O–H groups in total. The summed E-state index contributed by atoms with van der Waals surface area (Å²) in [4.78, 5) is 11.5. The van der Waals surface area contributed by atoms with Crippen LogP contribution < -0.4 is 9.80 Å². The van der Waals surface area contributed by atoms with Gasteiger partial charge in [0.05, 0.1) is 11.4 Å². The highest BCUT2D eigenvalue weighted by Crippen LogP contribution is 2.34. The highest BCUT2D eigenvalue weighted by Gasteiger charge is 2.14. The van der Waals surface area contributed by atoms with E-state index in [-0.39, 0.29) is 0 Å². The Bertz CT molecular complexity index is 1150. The maximum Gasteiger partial charge on any atom is 0.0716 e. The van der Waals surface area contributed by atoms with E-state index in [4.69, 9.17) is 4.98 Å². The molecule has 2 saturated heterocycles. The maximum atomic E-state index is 5.15. The highest BCUT2D eigenvalue weighted by molar-refractivity contribution is 7.13. The largest absolute Gasteiger partial charge is 0.372 e. The third-order valence-corrected chi connectivity index (χ3v) is 8.32. The van der Waals surface area contributed by atoms with Crippen LogP contribution in [0.4, 0.5) is 11.4 Å². The lowest BCUT2D eigenvalue weighted by Gasteiger charge is -2.29. The van der Waals surface area contributed by atoms with E-state index in [9.17, 15) is 0 Å². The third kappa shape index (κ3) is 4.99. The standard InChI is InChI=1S/C31H33N3S/c1-3-17-33(18-4-1)27-13-9-24(10-14-27)29-22-26(31-8-7-21-35-31)23-30(32-29)25-11-15-28(16-12-25)34-19-5-2-6-20-34/h7-16,21-23H,1-6,17-20H2. The van der Waals surface area contributed by atoms with E-state index < -0.39 is 0 Å². The first-order valence-corrected chi connectivity index (χ1v) is 14.0. The molecule has 0 aliphatic carbocycles. The molecule has 4 heterocycles. The number of benzene rings is 2. The van der Waals surface area contributed by atoms with Gasteiger partial charge < -0.3 is 9.80 Å². The number of rotatable bonds is 5. The van der Waals surface area contributed by atoms with Crippen LogP contribution in [0, 0.1) is 0 Å². The maximum absolute atomic E-state index is 5.15. The molecule has 2 aromatic carbocycles. The van der Waals surface area contributed by atoms with E-state index >= 15 is 0 Å². The fraction of sp³-hybridized carbons (Fsp3) is 0.323. The summed E-state index contributed by atoms with van der Waals surface area (Å²) in [5.74, 6) is 0. The number of anilines is 2. The minimum absolute atomic E-state index is 1.04. The van der Waals surface area contributed by atoms with Crippen LogP contribution in [0.1, 0.15) is 38.5 Å². The van der Waals surface area contributed by atoms with Gasteiger partial charge in [-0.1, -0.05) is 30.3 Å². The fourth-order valence-electron chi connectivity index (χ4n) is 5.40. The average Bonchev–Trinajstić information content (AvgIpc) is 3.49. The normalized spacial score (nSPS) is 16.5. The van der Waals surface area contributed by atoms with Crippen LogP contribution in [0.3, 0.4) is 0 Å². The molecule has 0 bridgehead atoms. The zero-order chi connectivity index (χ0) is 23.5. The predicted octanol–water partition coefficient (Wildman–Crippen LogP) is 8.12. The van der Waals surface area contributed by atoms with Crippen molar-refractivity contribution < 1.29 is 0 Å². The Labute approximate surface area is 213 Å². The Balaban J connectivity index is 1.33. The quantitative estimate of drug-likeness (QED) is 0.288. The summed E-state index contributed by atoms with van der Waals surface area (Å²) >= 11 is 1.79. The van der Waals surface area contributed by atoms with Gasteiger partial charge in [-0.2, -0.15) is 0 Å². The van der Waals surface area contributed by atoms with Gasteiger partial charge in [-0.05, 0) is 91.9 Å². The van der Waals surface area contributed by atoms with Crippen molar-refractivity contribution >= 4 is 22.7 Å². The van der Waals surface area contributed by atoms with Crippen molar-refractivity contribution in [3.63, 3.8) is 0 Å². The van der Waals surface area contributed by atoms with Crippen molar-refractivity contribution in [1.82, 2.24) is 4.98 Å². The van der Waals surface area contributed by atoms with E-state index in [1.54, 1.807) is 11.3 Å². The zero-order valence-electron chi connectivity index (χ0n) is 20.3. The predicted molar refractivity (Wildman–Crippen MR) is 151 cm³/mol. The van der Waals surface area contributed by atoms with Gasteiger partial charge in [0.25, 0.3) is 0 Å². The van der Waals surface area contributed by atoms with Crippen LogP contribution in [0.2, 0.25) is 0 Å². The van der Waals surface area contributed by atoms with Crippen molar-refractivity contribution in [2.24, 2.45) is 0 Å². The van der Waals surface area contributed by atoms with E-state index in [2.05, 4.69) is 88.0 Å². The van der Waals surface area contributed by atoms with Gasteiger partial charge in [-0.25, -0.2) is 4.98 Å². The minimum atomic E-state index is 1.04. The Morgan fingerprint density at radius 1 is 0.543 bits per heavy atom. The lowest BCUT2D eigenvalue weighted by atomic mass is 10.0. The van der Waals surface area contributed by atoms with E-state index in [1.165, 1.54) is 97.6 Å². The van der Waals surface area contributed by atoms with Crippen molar-refractivity contribution in [3.8, 4) is 33.0 Å². The monoisotopic (exact) mass is 479 g/mol. The number of nitrogens with zero attached hydrogens (tertiary/aromatic N) is 3. The molecule has 0 spiro atoms. The van der Waals surface area contributed by atoms with Gasteiger partial charge in [0.1, 0.15) is 0 Å². The summed E-state index contributed by atoms with van der Waals surface area (Å²) in [7, 11) is 0. The van der Waals surface area contributed by atoms with Crippen molar-refractivity contribution in [2.45, 2.75) is 38.5 Å². The molecular weight excluding hydrogens is 446 g/mol. The van der Waals surface area contributed by atoms with Crippen LogP contribution >= 0.6 is 11.3 Å². The average molecular weight is 480 g/mol. The molecule has 4 heteroatoms. The number of hydrogen-bond donors (Lipinski definition) is 0. The molecule has 0 atom stereocenters. The first-order valence-electron chi connectivity index (χ1n) is 13.1. The van der Waals surface area contributed by atoms with Gasteiger partial charge in [-0.15, -0.1) is 11.3 Å². The summed E-state index contributed by atoms with van der Waals surface area (Å²) in [5.41, 5.74) is 8.33. The van der Waals surface area contributed by atoms with Crippen molar-refractivity contribution in [2.75, 3.05) is 36.0 Å². The first-order chi connectivity index (χ1) is 17.3. The molecule has 0 saturated carbocycles. The summed E-state index contributed by atoms with van der Waals surface area (Å²) in [6, 6.07) is 26.9. The number of thiophene rings is 1. The molecule has 0 unspecified atom stereocenters.